The van der Waals surface area contributed by atoms with E-state index >= 15 is 0 Å². The monoisotopic (exact) mass is 200 g/mol. The van der Waals surface area contributed by atoms with Crippen molar-refractivity contribution in [1.29, 1.82) is 0 Å². The van der Waals surface area contributed by atoms with Crippen molar-refractivity contribution < 1.29 is 0 Å². The van der Waals surface area contributed by atoms with Crippen molar-refractivity contribution in [2.24, 2.45) is 0 Å². The molecule has 3 rings (SSSR count). The zero-order valence-electron chi connectivity index (χ0n) is 9.17. The third-order valence-corrected chi connectivity index (χ3v) is 3.63. The molecular formula is C13H16N2. The zero-order valence-corrected chi connectivity index (χ0v) is 9.17. The van der Waals surface area contributed by atoms with Crippen molar-refractivity contribution in [1.82, 2.24) is 10.3 Å². The first-order chi connectivity index (χ1) is 7.27. The van der Waals surface area contributed by atoms with E-state index < -0.39 is 0 Å². The number of hydrogen-bond donors (Lipinski definition) is 2. The molecule has 0 spiro atoms. The van der Waals surface area contributed by atoms with Gasteiger partial charge in [0, 0.05) is 29.2 Å². The summed E-state index contributed by atoms with van der Waals surface area (Å²) in [6.45, 7) is 5.53. The van der Waals surface area contributed by atoms with Crippen molar-refractivity contribution in [3.05, 3.63) is 35.5 Å². The van der Waals surface area contributed by atoms with Gasteiger partial charge in [0.05, 0.1) is 0 Å². The minimum Gasteiger partial charge on any atom is -0.357 e. The maximum atomic E-state index is 3.52. The van der Waals surface area contributed by atoms with Gasteiger partial charge >= 0.3 is 0 Å². The van der Waals surface area contributed by atoms with E-state index in [0.29, 0.717) is 12.0 Å². The van der Waals surface area contributed by atoms with Crippen molar-refractivity contribution in [3.63, 3.8) is 0 Å². The van der Waals surface area contributed by atoms with Crippen LogP contribution in [-0.2, 0) is 6.54 Å². The van der Waals surface area contributed by atoms with Crippen LogP contribution in [0.3, 0.4) is 0 Å². The highest BCUT2D eigenvalue weighted by Gasteiger charge is 2.25. The highest BCUT2D eigenvalue weighted by Crippen LogP contribution is 2.33. The summed E-state index contributed by atoms with van der Waals surface area (Å²) in [6.07, 6.45) is 0. The SMILES string of the molecule is CC1NCc2[nH]c3ccccc3c2C1C. The molecule has 0 fully saturated rings. The van der Waals surface area contributed by atoms with Crippen LogP contribution in [0, 0.1) is 0 Å². The first-order valence-corrected chi connectivity index (χ1v) is 5.60. The number of aromatic nitrogens is 1. The molecular weight excluding hydrogens is 184 g/mol. The summed E-state index contributed by atoms with van der Waals surface area (Å²) < 4.78 is 0. The Balaban J connectivity index is 2.29. The first kappa shape index (κ1) is 8.98. The van der Waals surface area contributed by atoms with Crippen LogP contribution in [0.25, 0.3) is 10.9 Å². The Bertz CT molecular complexity index is 498. The van der Waals surface area contributed by atoms with E-state index in [2.05, 4.69) is 48.4 Å². The minimum atomic E-state index is 0.566. The molecule has 2 nitrogen and oxygen atoms in total. The fraction of sp³-hybridized carbons (Fsp3) is 0.385. The number of hydrogen-bond acceptors (Lipinski definition) is 1. The van der Waals surface area contributed by atoms with E-state index in [1.54, 1.807) is 0 Å². The number of rotatable bonds is 0. The van der Waals surface area contributed by atoms with Crippen LogP contribution < -0.4 is 5.32 Å². The number of benzene rings is 1. The second-order valence-electron chi connectivity index (χ2n) is 4.52. The van der Waals surface area contributed by atoms with E-state index in [1.165, 1.54) is 22.2 Å². The summed E-state index contributed by atoms with van der Waals surface area (Å²) in [4.78, 5) is 3.50. The smallest absolute Gasteiger partial charge is 0.0459 e. The van der Waals surface area contributed by atoms with Crippen LogP contribution in [0.2, 0.25) is 0 Å². The molecule has 1 aromatic heterocycles. The molecule has 0 bridgehead atoms. The molecule has 0 saturated heterocycles. The van der Waals surface area contributed by atoms with Gasteiger partial charge in [0.15, 0.2) is 0 Å². The van der Waals surface area contributed by atoms with Gasteiger partial charge < -0.3 is 10.3 Å². The molecule has 0 saturated carbocycles. The number of H-pyrrole nitrogens is 1. The van der Waals surface area contributed by atoms with Crippen molar-refractivity contribution in [2.45, 2.75) is 32.4 Å². The van der Waals surface area contributed by atoms with Crippen molar-refractivity contribution in [3.8, 4) is 0 Å². The molecule has 2 atom stereocenters. The van der Waals surface area contributed by atoms with E-state index in [1.807, 2.05) is 0 Å². The highest BCUT2D eigenvalue weighted by atomic mass is 15.0. The Kier molecular flexibility index (Phi) is 1.86. The third kappa shape index (κ3) is 1.21. The van der Waals surface area contributed by atoms with E-state index in [4.69, 9.17) is 0 Å². The summed E-state index contributed by atoms with van der Waals surface area (Å²) in [5, 5.41) is 4.91. The maximum absolute atomic E-state index is 3.52. The Hall–Kier alpha value is -1.28. The van der Waals surface area contributed by atoms with Crippen LogP contribution in [0.5, 0.6) is 0 Å². The van der Waals surface area contributed by atoms with E-state index in [0.717, 1.165) is 6.54 Å². The molecule has 2 heterocycles. The number of aromatic amines is 1. The Morgan fingerprint density at radius 1 is 1.20 bits per heavy atom. The average molecular weight is 200 g/mol. The molecule has 0 amide bonds. The molecule has 2 N–H and O–H groups in total. The fourth-order valence-corrected chi connectivity index (χ4v) is 2.57. The number of nitrogens with one attached hydrogen (secondary N) is 2. The molecule has 2 heteroatoms. The van der Waals surface area contributed by atoms with Gasteiger partial charge in [-0.2, -0.15) is 0 Å². The van der Waals surface area contributed by atoms with Crippen molar-refractivity contribution in [2.75, 3.05) is 0 Å². The lowest BCUT2D eigenvalue weighted by atomic mass is 9.89. The van der Waals surface area contributed by atoms with Gasteiger partial charge in [-0.15, -0.1) is 0 Å². The predicted octanol–water partition coefficient (Wildman–Crippen LogP) is 2.76. The van der Waals surface area contributed by atoms with Crippen LogP contribution >= 0.6 is 0 Å². The van der Waals surface area contributed by atoms with Gasteiger partial charge in [0.2, 0.25) is 0 Å². The van der Waals surface area contributed by atoms with Crippen LogP contribution in [-0.4, -0.2) is 11.0 Å². The Labute approximate surface area is 89.7 Å². The highest BCUT2D eigenvalue weighted by molar-refractivity contribution is 5.85. The maximum Gasteiger partial charge on any atom is 0.0459 e. The second kappa shape index (κ2) is 3.11. The van der Waals surface area contributed by atoms with E-state index in [-0.39, 0.29) is 0 Å². The van der Waals surface area contributed by atoms with Crippen LogP contribution in [0.4, 0.5) is 0 Å². The summed E-state index contributed by atoms with van der Waals surface area (Å²) in [5.41, 5.74) is 4.14. The standard InChI is InChI=1S/C13H16N2/c1-8-9(2)14-7-12-13(8)10-5-3-4-6-11(10)15-12/h3-6,8-9,14-15H,7H2,1-2H3. The lowest BCUT2D eigenvalue weighted by molar-refractivity contribution is 0.447. The number of fused-ring (bicyclic) bond motifs is 3. The van der Waals surface area contributed by atoms with Gasteiger partial charge in [-0.05, 0) is 24.5 Å². The van der Waals surface area contributed by atoms with E-state index in [9.17, 15) is 0 Å². The van der Waals surface area contributed by atoms with Gasteiger partial charge in [-0.1, -0.05) is 25.1 Å². The van der Waals surface area contributed by atoms with Gasteiger partial charge in [-0.3, -0.25) is 0 Å². The summed E-state index contributed by atoms with van der Waals surface area (Å²) in [7, 11) is 0. The molecule has 78 valence electrons. The Morgan fingerprint density at radius 3 is 2.87 bits per heavy atom. The third-order valence-electron chi connectivity index (χ3n) is 3.63. The van der Waals surface area contributed by atoms with Crippen molar-refractivity contribution >= 4 is 10.9 Å². The normalized spacial score (nSPS) is 25.5. The fourth-order valence-electron chi connectivity index (χ4n) is 2.57. The topological polar surface area (TPSA) is 27.8 Å². The molecule has 0 aliphatic carbocycles. The van der Waals surface area contributed by atoms with Crippen LogP contribution in [0.15, 0.2) is 24.3 Å². The van der Waals surface area contributed by atoms with Gasteiger partial charge in [0.1, 0.15) is 0 Å². The quantitative estimate of drug-likeness (QED) is 0.672. The first-order valence-electron chi connectivity index (χ1n) is 5.60. The molecule has 2 unspecified atom stereocenters. The summed E-state index contributed by atoms with van der Waals surface area (Å²) >= 11 is 0. The van der Waals surface area contributed by atoms with Crippen LogP contribution in [0.1, 0.15) is 31.0 Å². The lowest BCUT2D eigenvalue weighted by Crippen LogP contribution is -2.35. The second-order valence-corrected chi connectivity index (χ2v) is 4.52. The number of para-hydroxylation sites is 1. The summed E-state index contributed by atoms with van der Waals surface area (Å²) in [5.74, 6) is 0.588. The lowest BCUT2D eigenvalue weighted by Gasteiger charge is -2.27. The summed E-state index contributed by atoms with van der Waals surface area (Å²) in [6, 6.07) is 9.16. The molecule has 15 heavy (non-hydrogen) atoms. The molecule has 1 aromatic carbocycles. The van der Waals surface area contributed by atoms with Gasteiger partial charge in [0.25, 0.3) is 0 Å². The Morgan fingerprint density at radius 2 is 2.00 bits per heavy atom. The largest absolute Gasteiger partial charge is 0.357 e. The minimum absolute atomic E-state index is 0.566. The molecule has 1 aliphatic heterocycles. The molecule has 1 aliphatic rings. The average Bonchev–Trinajstić information content (AvgIpc) is 2.62. The molecule has 2 aromatic rings. The predicted molar refractivity (Wildman–Crippen MR) is 63.0 cm³/mol. The molecule has 0 radical (unpaired) electrons. The van der Waals surface area contributed by atoms with Gasteiger partial charge in [-0.25, -0.2) is 0 Å². The zero-order chi connectivity index (χ0) is 10.4.